The van der Waals surface area contributed by atoms with Crippen LogP contribution in [0.15, 0.2) is 48.5 Å². The minimum Gasteiger partial charge on any atom is -0.376 e. The number of aliphatic hydroxyl groups is 1. The number of benzene rings is 2. The predicted molar refractivity (Wildman–Crippen MR) is 99.4 cm³/mol. The van der Waals surface area contributed by atoms with E-state index in [9.17, 15) is 9.67 Å². The first-order chi connectivity index (χ1) is 12.0. The van der Waals surface area contributed by atoms with Crippen molar-refractivity contribution >= 4 is 7.60 Å². The molecule has 0 aliphatic carbocycles. The van der Waals surface area contributed by atoms with Crippen molar-refractivity contribution in [1.82, 2.24) is 0 Å². The zero-order valence-electron chi connectivity index (χ0n) is 14.7. The Morgan fingerprint density at radius 2 is 1.60 bits per heavy atom. The summed E-state index contributed by atoms with van der Waals surface area (Å²) in [6.07, 6.45) is 0. The minimum absolute atomic E-state index is 0.186. The third-order valence-corrected chi connectivity index (χ3v) is 5.66. The molecule has 0 aromatic heterocycles. The highest BCUT2D eigenvalue weighted by molar-refractivity contribution is 7.54. The molecule has 0 saturated carbocycles. The van der Waals surface area contributed by atoms with Gasteiger partial charge in [0.1, 0.15) is 0 Å². The largest absolute Gasteiger partial charge is 0.376 e. The molecule has 0 bridgehead atoms. The van der Waals surface area contributed by atoms with Gasteiger partial charge in [-0.2, -0.15) is 0 Å². The van der Waals surface area contributed by atoms with Crippen LogP contribution >= 0.6 is 7.60 Å². The molecule has 0 aliphatic heterocycles. The molecule has 0 heterocycles. The van der Waals surface area contributed by atoms with Gasteiger partial charge in [0.2, 0.25) is 0 Å². The molecular formula is C20H23O4P. The topological polar surface area (TPSA) is 55.8 Å². The van der Waals surface area contributed by atoms with Crippen LogP contribution in [0.2, 0.25) is 0 Å². The van der Waals surface area contributed by atoms with Gasteiger partial charge in [-0.05, 0) is 39.0 Å². The van der Waals surface area contributed by atoms with Crippen molar-refractivity contribution in [3.63, 3.8) is 0 Å². The van der Waals surface area contributed by atoms with Crippen LogP contribution in [0.4, 0.5) is 0 Å². The van der Waals surface area contributed by atoms with Gasteiger partial charge in [0.15, 0.2) is 5.85 Å². The van der Waals surface area contributed by atoms with Gasteiger partial charge in [0, 0.05) is 16.7 Å². The molecule has 0 amide bonds. The van der Waals surface area contributed by atoms with E-state index in [0.717, 1.165) is 11.1 Å². The van der Waals surface area contributed by atoms with Gasteiger partial charge in [-0.15, -0.1) is 0 Å². The smallest absolute Gasteiger partial charge is 0.363 e. The molecule has 1 N–H and O–H groups in total. The highest BCUT2D eigenvalue weighted by Crippen LogP contribution is 2.59. The molecule has 0 fully saturated rings. The third-order valence-electron chi connectivity index (χ3n) is 3.55. The van der Waals surface area contributed by atoms with E-state index in [-0.39, 0.29) is 13.2 Å². The van der Waals surface area contributed by atoms with Crippen molar-refractivity contribution in [3.8, 4) is 11.8 Å². The molecule has 0 aliphatic rings. The summed E-state index contributed by atoms with van der Waals surface area (Å²) in [5, 5.41) is 10.6. The van der Waals surface area contributed by atoms with Crippen LogP contribution in [-0.4, -0.2) is 18.3 Å². The van der Waals surface area contributed by atoms with E-state index in [1.165, 1.54) is 0 Å². The normalized spacial score (nSPS) is 12.3. The molecule has 1 atom stereocenters. The van der Waals surface area contributed by atoms with Crippen LogP contribution < -0.4 is 0 Å². The molecular weight excluding hydrogens is 335 g/mol. The second-order valence-electron chi connectivity index (χ2n) is 5.45. The molecule has 2 aromatic carbocycles. The molecule has 0 saturated heterocycles. The number of hydrogen-bond donors (Lipinski definition) is 1. The third kappa shape index (κ3) is 5.04. The highest BCUT2D eigenvalue weighted by Gasteiger charge is 2.36. The minimum atomic E-state index is -3.67. The van der Waals surface area contributed by atoms with E-state index >= 15 is 0 Å². The molecule has 25 heavy (non-hydrogen) atoms. The second kappa shape index (κ2) is 8.99. The Hall–Kier alpha value is -1.89. The van der Waals surface area contributed by atoms with E-state index < -0.39 is 13.4 Å². The number of rotatable bonds is 6. The van der Waals surface area contributed by atoms with Gasteiger partial charge in [0.05, 0.1) is 13.2 Å². The summed E-state index contributed by atoms with van der Waals surface area (Å²) in [7, 11) is -3.67. The van der Waals surface area contributed by atoms with Gasteiger partial charge in [-0.1, -0.05) is 47.7 Å². The Morgan fingerprint density at radius 3 is 2.20 bits per heavy atom. The zero-order chi connectivity index (χ0) is 18.3. The van der Waals surface area contributed by atoms with Crippen molar-refractivity contribution < 1.29 is 18.7 Å². The quantitative estimate of drug-likeness (QED) is 0.603. The zero-order valence-corrected chi connectivity index (χ0v) is 15.6. The number of hydrogen-bond acceptors (Lipinski definition) is 4. The summed E-state index contributed by atoms with van der Waals surface area (Å²) >= 11 is 0. The SMILES string of the molecule is CCOP(=O)(OCC)C(O)c1ccccc1C#Cc1ccc(C)cc1. The van der Waals surface area contributed by atoms with Crippen molar-refractivity contribution in [1.29, 1.82) is 0 Å². The van der Waals surface area contributed by atoms with Crippen LogP contribution in [-0.2, 0) is 13.6 Å². The molecule has 5 heteroatoms. The molecule has 1 unspecified atom stereocenters. The van der Waals surface area contributed by atoms with Gasteiger partial charge in [-0.3, -0.25) is 4.57 Å². The Kier molecular flexibility index (Phi) is 6.99. The summed E-state index contributed by atoms with van der Waals surface area (Å²) in [6.45, 7) is 5.81. The van der Waals surface area contributed by atoms with Crippen LogP contribution in [0.3, 0.4) is 0 Å². The van der Waals surface area contributed by atoms with E-state index in [1.807, 2.05) is 37.3 Å². The first-order valence-electron chi connectivity index (χ1n) is 8.24. The Labute approximate surface area is 149 Å². The molecule has 0 spiro atoms. The average Bonchev–Trinajstić information content (AvgIpc) is 2.61. The maximum absolute atomic E-state index is 12.8. The molecule has 0 radical (unpaired) electrons. The van der Waals surface area contributed by atoms with Crippen LogP contribution in [0.25, 0.3) is 0 Å². The Bertz CT molecular complexity index is 792. The summed E-state index contributed by atoms with van der Waals surface area (Å²) in [6, 6.07) is 14.9. The molecule has 2 rings (SSSR count). The van der Waals surface area contributed by atoms with Crippen molar-refractivity contribution in [3.05, 3.63) is 70.8 Å². The highest BCUT2D eigenvalue weighted by atomic mass is 31.2. The van der Waals surface area contributed by atoms with Crippen LogP contribution in [0, 0.1) is 18.8 Å². The molecule has 2 aromatic rings. The lowest BCUT2D eigenvalue weighted by atomic mass is 10.1. The van der Waals surface area contributed by atoms with Crippen molar-refractivity contribution in [2.45, 2.75) is 26.6 Å². The number of aliphatic hydroxyl groups excluding tert-OH is 1. The van der Waals surface area contributed by atoms with Crippen molar-refractivity contribution in [2.24, 2.45) is 0 Å². The summed E-state index contributed by atoms with van der Waals surface area (Å²) in [5.74, 6) is 4.73. The first-order valence-corrected chi connectivity index (χ1v) is 9.85. The van der Waals surface area contributed by atoms with E-state index in [0.29, 0.717) is 11.1 Å². The second-order valence-corrected chi connectivity index (χ2v) is 7.54. The fourth-order valence-electron chi connectivity index (χ4n) is 2.32. The lowest BCUT2D eigenvalue weighted by molar-refractivity contribution is 0.150. The lowest BCUT2D eigenvalue weighted by Crippen LogP contribution is -2.07. The van der Waals surface area contributed by atoms with E-state index in [4.69, 9.17) is 9.05 Å². The first kappa shape index (κ1) is 19.4. The van der Waals surface area contributed by atoms with E-state index in [2.05, 4.69) is 11.8 Å². The maximum atomic E-state index is 12.8. The van der Waals surface area contributed by atoms with Gasteiger partial charge >= 0.3 is 7.60 Å². The summed E-state index contributed by atoms with van der Waals surface area (Å²) < 4.78 is 23.3. The van der Waals surface area contributed by atoms with Crippen LogP contribution in [0.5, 0.6) is 0 Å². The fraction of sp³-hybridized carbons (Fsp3) is 0.300. The monoisotopic (exact) mass is 358 g/mol. The Morgan fingerprint density at radius 1 is 1.00 bits per heavy atom. The van der Waals surface area contributed by atoms with Gasteiger partial charge < -0.3 is 14.2 Å². The van der Waals surface area contributed by atoms with Gasteiger partial charge in [0.25, 0.3) is 0 Å². The van der Waals surface area contributed by atoms with Crippen molar-refractivity contribution in [2.75, 3.05) is 13.2 Å². The Balaban J connectivity index is 2.37. The standard InChI is InChI=1S/C20H23O4P/c1-4-23-25(22,24-5-2)20(21)19-9-7-6-8-18(19)15-14-17-12-10-16(3)11-13-17/h6-13,20-21H,4-5H2,1-3H3. The average molecular weight is 358 g/mol. The predicted octanol–water partition coefficient (Wildman–Crippen LogP) is 4.65. The number of aryl methyl sites for hydroxylation is 1. The maximum Gasteiger partial charge on any atom is 0.363 e. The lowest BCUT2D eigenvalue weighted by Gasteiger charge is -2.23. The molecule has 4 nitrogen and oxygen atoms in total. The fourth-order valence-corrected chi connectivity index (χ4v) is 3.96. The van der Waals surface area contributed by atoms with Crippen LogP contribution in [0.1, 0.15) is 41.9 Å². The summed E-state index contributed by atoms with van der Waals surface area (Å²) in [5.41, 5.74) is 3.06. The van der Waals surface area contributed by atoms with Gasteiger partial charge in [-0.25, -0.2) is 0 Å². The molecule has 132 valence electrons. The summed E-state index contributed by atoms with van der Waals surface area (Å²) in [4.78, 5) is 0. The van der Waals surface area contributed by atoms with E-state index in [1.54, 1.807) is 32.0 Å².